The van der Waals surface area contributed by atoms with Crippen LogP contribution in [0.1, 0.15) is 18.4 Å². The van der Waals surface area contributed by atoms with Crippen molar-refractivity contribution in [2.24, 2.45) is 5.92 Å². The zero-order chi connectivity index (χ0) is 13.0. The summed E-state index contributed by atoms with van der Waals surface area (Å²) in [5, 5.41) is 3.33. The topological polar surface area (TPSA) is 38.3 Å². The predicted octanol–water partition coefficient (Wildman–Crippen LogP) is 1.91. The summed E-state index contributed by atoms with van der Waals surface area (Å²) in [6.45, 7) is 0.777. The summed E-state index contributed by atoms with van der Waals surface area (Å²) in [4.78, 5) is 11.5. The fourth-order valence-corrected chi connectivity index (χ4v) is 2.47. The monoisotopic (exact) mass is 251 g/mol. The van der Waals surface area contributed by atoms with Gasteiger partial charge in [-0.15, -0.1) is 0 Å². The number of piperidine rings is 1. The van der Waals surface area contributed by atoms with Crippen LogP contribution in [-0.2, 0) is 16.0 Å². The van der Waals surface area contributed by atoms with Crippen molar-refractivity contribution in [1.82, 2.24) is 5.32 Å². The predicted molar refractivity (Wildman–Crippen MR) is 66.6 cm³/mol. The Labute approximate surface area is 106 Å². The molecule has 0 amide bonds. The van der Waals surface area contributed by atoms with Crippen LogP contribution in [0, 0.1) is 11.7 Å². The molecule has 1 aliphatic heterocycles. The van der Waals surface area contributed by atoms with E-state index in [9.17, 15) is 9.18 Å². The molecule has 18 heavy (non-hydrogen) atoms. The lowest BCUT2D eigenvalue weighted by molar-refractivity contribution is -0.146. The minimum Gasteiger partial charge on any atom is -0.469 e. The van der Waals surface area contributed by atoms with Gasteiger partial charge in [-0.3, -0.25) is 4.79 Å². The SMILES string of the molecule is COC(=O)C1CCNC(Cc2ccccc2F)C1. The zero-order valence-electron chi connectivity index (χ0n) is 10.5. The fraction of sp³-hybridized carbons (Fsp3) is 0.500. The molecule has 1 N–H and O–H groups in total. The van der Waals surface area contributed by atoms with E-state index in [2.05, 4.69) is 5.32 Å². The third-order valence-corrected chi connectivity index (χ3v) is 3.45. The van der Waals surface area contributed by atoms with Crippen LogP contribution in [0.15, 0.2) is 24.3 Å². The van der Waals surface area contributed by atoms with E-state index in [0.29, 0.717) is 18.4 Å². The van der Waals surface area contributed by atoms with Crippen molar-refractivity contribution >= 4 is 5.97 Å². The Morgan fingerprint density at radius 1 is 1.50 bits per heavy atom. The van der Waals surface area contributed by atoms with Gasteiger partial charge in [-0.2, -0.15) is 0 Å². The normalized spacial score (nSPS) is 23.7. The molecule has 1 fully saturated rings. The first-order valence-electron chi connectivity index (χ1n) is 6.25. The summed E-state index contributed by atoms with van der Waals surface area (Å²) in [7, 11) is 1.41. The van der Waals surface area contributed by atoms with E-state index in [1.165, 1.54) is 13.2 Å². The quantitative estimate of drug-likeness (QED) is 0.834. The largest absolute Gasteiger partial charge is 0.469 e. The number of carbonyl (C=O) groups is 1. The van der Waals surface area contributed by atoms with Gasteiger partial charge < -0.3 is 10.1 Å². The number of ether oxygens (including phenoxy) is 1. The Morgan fingerprint density at radius 3 is 3.00 bits per heavy atom. The van der Waals surface area contributed by atoms with Gasteiger partial charge in [-0.1, -0.05) is 18.2 Å². The van der Waals surface area contributed by atoms with E-state index in [1.54, 1.807) is 12.1 Å². The lowest BCUT2D eigenvalue weighted by Gasteiger charge is -2.29. The van der Waals surface area contributed by atoms with E-state index in [4.69, 9.17) is 4.74 Å². The Hall–Kier alpha value is -1.42. The summed E-state index contributed by atoms with van der Waals surface area (Å²) in [6, 6.07) is 6.91. The molecule has 0 spiro atoms. The zero-order valence-corrected chi connectivity index (χ0v) is 10.5. The van der Waals surface area contributed by atoms with Crippen LogP contribution < -0.4 is 5.32 Å². The molecule has 1 aromatic rings. The highest BCUT2D eigenvalue weighted by atomic mass is 19.1. The molecule has 98 valence electrons. The average Bonchev–Trinajstić information content (AvgIpc) is 2.41. The maximum Gasteiger partial charge on any atom is 0.308 e. The second-order valence-electron chi connectivity index (χ2n) is 4.69. The van der Waals surface area contributed by atoms with Crippen LogP contribution in [0.3, 0.4) is 0 Å². The highest BCUT2D eigenvalue weighted by Gasteiger charge is 2.27. The van der Waals surface area contributed by atoms with Crippen molar-refractivity contribution in [3.05, 3.63) is 35.6 Å². The molecule has 1 heterocycles. The maximum absolute atomic E-state index is 13.5. The molecule has 2 rings (SSSR count). The van der Waals surface area contributed by atoms with Gasteiger partial charge in [-0.05, 0) is 37.4 Å². The first kappa shape index (κ1) is 13.0. The molecule has 2 unspecified atom stereocenters. The average molecular weight is 251 g/mol. The molecular formula is C14H18FNO2. The molecule has 0 aliphatic carbocycles. The highest BCUT2D eigenvalue weighted by Crippen LogP contribution is 2.21. The van der Waals surface area contributed by atoms with Crippen LogP contribution >= 0.6 is 0 Å². The van der Waals surface area contributed by atoms with Gasteiger partial charge in [0.1, 0.15) is 5.82 Å². The standard InChI is InChI=1S/C14H18FNO2/c1-18-14(17)11-6-7-16-12(9-11)8-10-4-2-3-5-13(10)15/h2-5,11-12,16H,6-9H2,1H3. The summed E-state index contributed by atoms with van der Waals surface area (Å²) >= 11 is 0. The molecule has 1 saturated heterocycles. The van der Waals surface area contributed by atoms with E-state index in [0.717, 1.165) is 13.0 Å². The number of hydrogen-bond acceptors (Lipinski definition) is 3. The number of benzene rings is 1. The molecular weight excluding hydrogens is 233 g/mol. The summed E-state index contributed by atoms with van der Waals surface area (Å²) in [6.07, 6.45) is 2.11. The van der Waals surface area contributed by atoms with Crippen molar-refractivity contribution < 1.29 is 13.9 Å². The van der Waals surface area contributed by atoms with Crippen LogP contribution in [0.2, 0.25) is 0 Å². The lowest BCUT2D eigenvalue weighted by Crippen LogP contribution is -2.42. The van der Waals surface area contributed by atoms with Gasteiger partial charge in [0.25, 0.3) is 0 Å². The Bertz CT molecular complexity index is 422. The number of esters is 1. The van der Waals surface area contributed by atoms with Gasteiger partial charge in [0, 0.05) is 6.04 Å². The molecule has 0 saturated carbocycles. The Morgan fingerprint density at radius 2 is 2.28 bits per heavy atom. The van der Waals surface area contributed by atoms with Crippen LogP contribution in [0.25, 0.3) is 0 Å². The van der Waals surface area contributed by atoms with Gasteiger partial charge in [-0.25, -0.2) is 4.39 Å². The van der Waals surface area contributed by atoms with Crippen molar-refractivity contribution in [1.29, 1.82) is 0 Å². The third-order valence-electron chi connectivity index (χ3n) is 3.45. The van der Waals surface area contributed by atoms with E-state index in [1.807, 2.05) is 6.07 Å². The third kappa shape index (κ3) is 3.07. The number of hydrogen-bond donors (Lipinski definition) is 1. The lowest BCUT2D eigenvalue weighted by atomic mass is 9.89. The van der Waals surface area contributed by atoms with Crippen molar-refractivity contribution in [2.45, 2.75) is 25.3 Å². The van der Waals surface area contributed by atoms with E-state index < -0.39 is 0 Å². The molecule has 0 bridgehead atoms. The smallest absolute Gasteiger partial charge is 0.308 e. The van der Waals surface area contributed by atoms with Gasteiger partial charge >= 0.3 is 5.97 Å². The van der Waals surface area contributed by atoms with E-state index in [-0.39, 0.29) is 23.7 Å². The second-order valence-corrected chi connectivity index (χ2v) is 4.69. The second kappa shape index (κ2) is 5.96. The van der Waals surface area contributed by atoms with Crippen LogP contribution in [0.5, 0.6) is 0 Å². The molecule has 0 radical (unpaired) electrons. The molecule has 1 aliphatic rings. The molecule has 4 heteroatoms. The Kier molecular flexibility index (Phi) is 4.31. The molecule has 3 nitrogen and oxygen atoms in total. The fourth-order valence-electron chi connectivity index (χ4n) is 2.47. The van der Waals surface area contributed by atoms with Crippen LogP contribution in [0.4, 0.5) is 4.39 Å². The van der Waals surface area contributed by atoms with Crippen molar-refractivity contribution in [3.63, 3.8) is 0 Å². The van der Waals surface area contributed by atoms with E-state index >= 15 is 0 Å². The molecule has 2 atom stereocenters. The first-order chi connectivity index (χ1) is 8.70. The summed E-state index contributed by atoms with van der Waals surface area (Å²) in [5.41, 5.74) is 0.695. The minimum atomic E-state index is -0.181. The van der Waals surface area contributed by atoms with Crippen molar-refractivity contribution in [2.75, 3.05) is 13.7 Å². The number of rotatable bonds is 3. The number of halogens is 1. The van der Waals surface area contributed by atoms with Gasteiger partial charge in [0.2, 0.25) is 0 Å². The van der Waals surface area contributed by atoms with Crippen LogP contribution in [-0.4, -0.2) is 25.7 Å². The summed E-state index contributed by atoms with van der Waals surface area (Å²) in [5.74, 6) is -0.400. The maximum atomic E-state index is 13.5. The number of methoxy groups -OCH3 is 1. The van der Waals surface area contributed by atoms with Crippen molar-refractivity contribution in [3.8, 4) is 0 Å². The molecule has 0 aromatic heterocycles. The highest BCUT2D eigenvalue weighted by molar-refractivity contribution is 5.72. The number of nitrogens with one attached hydrogen (secondary N) is 1. The molecule has 1 aromatic carbocycles. The minimum absolute atomic E-state index is 0.0620. The first-order valence-corrected chi connectivity index (χ1v) is 6.25. The number of carbonyl (C=O) groups excluding carboxylic acids is 1. The van der Waals surface area contributed by atoms with Gasteiger partial charge in [0.05, 0.1) is 13.0 Å². The summed E-state index contributed by atoms with van der Waals surface area (Å²) < 4.78 is 18.3. The Balaban J connectivity index is 1.98. The van der Waals surface area contributed by atoms with Gasteiger partial charge in [0.15, 0.2) is 0 Å².